The second kappa shape index (κ2) is 6.59. The Morgan fingerprint density at radius 1 is 1.00 bits per heavy atom. The lowest BCUT2D eigenvalue weighted by atomic mass is 9.79. The normalized spacial score (nSPS) is 34.5. The van der Waals surface area contributed by atoms with Crippen LogP contribution in [-0.4, -0.2) is 35.0 Å². The first-order valence-electron chi connectivity index (χ1n) is 8.00. The van der Waals surface area contributed by atoms with E-state index in [0.717, 1.165) is 25.7 Å². The molecule has 2 fully saturated rings. The van der Waals surface area contributed by atoms with Crippen LogP contribution in [0.5, 0.6) is 0 Å². The van der Waals surface area contributed by atoms with Gasteiger partial charge in [-0.3, -0.25) is 9.59 Å². The maximum Gasteiger partial charge on any atom is 0.306 e. The molecule has 0 aromatic rings. The average molecular weight is 281 g/mol. The molecule has 2 saturated carbocycles. The molecule has 2 rings (SSSR count). The number of carboxylic acid groups (broad SMARTS) is 1. The zero-order valence-electron chi connectivity index (χ0n) is 12.7. The molecule has 114 valence electrons. The highest BCUT2D eigenvalue weighted by molar-refractivity contribution is 5.80. The first-order chi connectivity index (χ1) is 9.50. The lowest BCUT2D eigenvalue weighted by Crippen LogP contribution is -2.46. The Bertz CT molecular complexity index is 369. The Labute approximate surface area is 121 Å². The number of hydrogen-bond acceptors (Lipinski definition) is 2. The van der Waals surface area contributed by atoms with Crippen LogP contribution in [0.15, 0.2) is 0 Å². The van der Waals surface area contributed by atoms with Gasteiger partial charge in [-0.15, -0.1) is 0 Å². The third-order valence-corrected chi connectivity index (χ3v) is 5.28. The van der Waals surface area contributed by atoms with Gasteiger partial charge >= 0.3 is 5.97 Å². The van der Waals surface area contributed by atoms with E-state index >= 15 is 0 Å². The van der Waals surface area contributed by atoms with Gasteiger partial charge < -0.3 is 10.0 Å². The number of amides is 1. The van der Waals surface area contributed by atoms with Crippen molar-refractivity contribution in [1.82, 2.24) is 4.90 Å². The summed E-state index contributed by atoms with van der Waals surface area (Å²) in [5.74, 6) is -0.402. The fourth-order valence-corrected chi connectivity index (χ4v) is 3.96. The van der Waals surface area contributed by atoms with Gasteiger partial charge in [0.2, 0.25) is 5.91 Å². The number of rotatable bonds is 3. The molecule has 0 bridgehead atoms. The molecule has 4 atom stereocenters. The van der Waals surface area contributed by atoms with Gasteiger partial charge in [-0.25, -0.2) is 0 Å². The summed E-state index contributed by atoms with van der Waals surface area (Å²) in [4.78, 5) is 25.7. The summed E-state index contributed by atoms with van der Waals surface area (Å²) < 4.78 is 0. The molecular weight excluding hydrogens is 254 g/mol. The first kappa shape index (κ1) is 15.3. The van der Waals surface area contributed by atoms with Gasteiger partial charge in [-0.2, -0.15) is 0 Å². The van der Waals surface area contributed by atoms with E-state index in [1.807, 2.05) is 11.9 Å². The van der Waals surface area contributed by atoms with Gasteiger partial charge in [0.1, 0.15) is 0 Å². The summed E-state index contributed by atoms with van der Waals surface area (Å²) >= 11 is 0. The molecule has 0 aliphatic heterocycles. The summed E-state index contributed by atoms with van der Waals surface area (Å²) in [6, 6.07) is 0.349. The van der Waals surface area contributed by atoms with Crippen LogP contribution in [0, 0.1) is 17.8 Å². The zero-order chi connectivity index (χ0) is 14.7. The van der Waals surface area contributed by atoms with E-state index in [9.17, 15) is 9.59 Å². The molecule has 0 heterocycles. The van der Waals surface area contributed by atoms with Crippen LogP contribution in [0.25, 0.3) is 0 Å². The van der Waals surface area contributed by atoms with Gasteiger partial charge in [0.25, 0.3) is 0 Å². The van der Waals surface area contributed by atoms with Gasteiger partial charge in [0.05, 0.1) is 5.92 Å². The number of carbonyl (C=O) groups excluding carboxylic acids is 1. The van der Waals surface area contributed by atoms with Crippen molar-refractivity contribution in [3.63, 3.8) is 0 Å². The summed E-state index contributed by atoms with van der Waals surface area (Å²) in [7, 11) is 1.92. The number of hydrogen-bond donors (Lipinski definition) is 1. The predicted molar refractivity (Wildman–Crippen MR) is 77.3 cm³/mol. The van der Waals surface area contributed by atoms with E-state index in [-0.39, 0.29) is 17.7 Å². The highest BCUT2D eigenvalue weighted by Gasteiger charge is 2.35. The number of carboxylic acids is 1. The maximum absolute atomic E-state index is 12.6. The highest BCUT2D eigenvalue weighted by atomic mass is 16.4. The van der Waals surface area contributed by atoms with E-state index in [0.29, 0.717) is 18.4 Å². The fourth-order valence-electron chi connectivity index (χ4n) is 3.96. The van der Waals surface area contributed by atoms with E-state index in [1.165, 1.54) is 19.3 Å². The van der Waals surface area contributed by atoms with Crippen molar-refractivity contribution in [2.24, 2.45) is 17.8 Å². The summed E-state index contributed by atoms with van der Waals surface area (Å²) in [5, 5.41) is 9.14. The Balaban J connectivity index is 1.97. The van der Waals surface area contributed by atoms with Crippen molar-refractivity contribution in [1.29, 1.82) is 0 Å². The van der Waals surface area contributed by atoms with Crippen LogP contribution in [0.1, 0.15) is 58.3 Å². The van der Waals surface area contributed by atoms with Crippen molar-refractivity contribution < 1.29 is 14.7 Å². The molecule has 0 spiro atoms. The van der Waals surface area contributed by atoms with Crippen LogP contribution in [-0.2, 0) is 9.59 Å². The number of aliphatic carboxylic acids is 1. The van der Waals surface area contributed by atoms with Crippen LogP contribution in [0.4, 0.5) is 0 Å². The minimum atomic E-state index is -0.740. The lowest BCUT2D eigenvalue weighted by molar-refractivity contribution is -0.146. The van der Waals surface area contributed by atoms with E-state index in [4.69, 9.17) is 5.11 Å². The Morgan fingerprint density at radius 2 is 1.65 bits per heavy atom. The fraction of sp³-hybridized carbons (Fsp3) is 0.875. The summed E-state index contributed by atoms with van der Waals surface area (Å²) in [6.45, 7) is 2.23. The molecule has 0 aromatic heterocycles. The molecule has 4 unspecified atom stereocenters. The molecule has 1 amide bonds. The molecule has 0 saturated heterocycles. The molecule has 0 radical (unpaired) electrons. The minimum Gasteiger partial charge on any atom is -0.481 e. The molecule has 4 heteroatoms. The maximum atomic E-state index is 12.6. The Morgan fingerprint density at radius 3 is 2.30 bits per heavy atom. The van der Waals surface area contributed by atoms with Gasteiger partial charge in [-0.05, 0) is 38.0 Å². The molecule has 20 heavy (non-hydrogen) atoms. The van der Waals surface area contributed by atoms with E-state index in [2.05, 4.69) is 6.92 Å². The average Bonchev–Trinajstić information content (AvgIpc) is 2.46. The molecule has 2 aliphatic rings. The molecular formula is C16H27NO3. The lowest BCUT2D eigenvalue weighted by Gasteiger charge is -2.39. The SMILES string of the molecule is CC1CCCCC1N(C)C(=O)C1CCCC(C(=O)O)C1. The second-order valence-corrected chi connectivity index (χ2v) is 6.68. The molecule has 2 aliphatic carbocycles. The second-order valence-electron chi connectivity index (χ2n) is 6.68. The standard InChI is InChI=1S/C16H27NO3/c1-11-6-3-4-9-14(11)17(2)15(18)12-7-5-8-13(10-12)16(19)20/h11-14H,3-10H2,1-2H3,(H,19,20). The van der Waals surface area contributed by atoms with E-state index < -0.39 is 5.97 Å². The number of carbonyl (C=O) groups is 2. The monoisotopic (exact) mass is 281 g/mol. The smallest absolute Gasteiger partial charge is 0.306 e. The van der Waals surface area contributed by atoms with Crippen molar-refractivity contribution >= 4 is 11.9 Å². The number of nitrogens with zero attached hydrogens (tertiary/aromatic N) is 1. The first-order valence-corrected chi connectivity index (χ1v) is 8.00. The van der Waals surface area contributed by atoms with Crippen molar-refractivity contribution in [3.05, 3.63) is 0 Å². The van der Waals surface area contributed by atoms with Gasteiger partial charge in [0, 0.05) is 19.0 Å². The van der Waals surface area contributed by atoms with Crippen molar-refractivity contribution in [2.45, 2.75) is 64.3 Å². The summed E-state index contributed by atoms with van der Waals surface area (Å²) in [6.07, 6.45) is 7.74. The Hall–Kier alpha value is -1.06. The van der Waals surface area contributed by atoms with Gasteiger partial charge in [0.15, 0.2) is 0 Å². The van der Waals surface area contributed by atoms with Crippen LogP contribution in [0.2, 0.25) is 0 Å². The summed E-state index contributed by atoms with van der Waals surface area (Å²) in [5.41, 5.74) is 0. The molecule has 0 aromatic carbocycles. The van der Waals surface area contributed by atoms with Crippen LogP contribution in [0.3, 0.4) is 0 Å². The molecule has 1 N–H and O–H groups in total. The highest BCUT2D eigenvalue weighted by Crippen LogP contribution is 2.33. The van der Waals surface area contributed by atoms with Crippen LogP contribution < -0.4 is 0 Å². The van der Waals surface area contributed by atoms with Crippen molar-refractivity contribution in [2.75, 3.05) is 7.05 Å². The van der Waals surface area contributed by atoms with E-state index in [1.54, 1.807) is 0 Å². The third-order valence-electron chi connectivity index (χ3n) is 5.28. The topological polar surface area (TPSA) is 57.6 Å². The van der Waals surface area contributed by atoms with Crippen LogP contribution >= 0.6 is 0 Å². The predicted octanol–water partition coefficient (Wildman–Crippen LogP) is 2.91. The Kier molecular flexibility index (Phi) is 5.06. The largest absolute Gasteiger partial charge is 0.481 e. The van der Waals surface area contributed by atoms with Crippen molar-refractivity contribution in [3.8, 4) is 0 Å². The van der Waals surface area contributed by atoms with Gasteiger partial charge in [-0.1, -0.05) is 26.2 Å². The minimum absolute atomic E-state index is 0.0797. The quantitative estimate of drug-likeness (QED) is 0.865. The third kappa shape index (κ3) is 3.33. The zero-order valence-corrected chi connectivity index (χ0v) is 12.7. The molecule has 4 nitrogen and oxygen atoms in total.